The summed E-state index contributed by atoms with van der Waals surface area (Å²) >= 11 is 2.33. The van der Waals surface area contributed by atoms with Crippen LogP contribution in [-0.2, 0) is 10.3 Å². The molecule has 0 amide bonds. The Hall–Kier alpha value is -0.771. The van der Waals surface area contributed by atoms with Crippen LogP contribution >= 0.6 is 11.8 Å². The van der Waals surface area contributed by atoms with Crippen molar-refractivity contribution in [1.29, 1.82) is 0 Å². The van der Waals surface area contributed by atoms with Gasteiger partial charge >= 0.3 is 168 Å². The molecule has 140 valence electrons. The Labute approximate surface area is 167 Å². The SMILES string of the molecule is CCS[C@H](C)c1ccccc1[Se]C[C@]1(c2ccccc2)C[C@H](CO)CO1. The van der Waals surface area contributed by atoms with Crippen LogP contribution < -0.4 is 4.46 Å². The summed E-state index contributed by atoms with van der Waals surface area (Å²) in [4.78, 5) is 0. The van der Waals surface area contributed by atoms with Crippen molar-refractivity contribution < 1.29 is 9.84 Å². The maximum absolute atomic E-state index is 9.63. The molecule has 1 aliphatic heterocycles. The fourth-order valence-corrected chi connectivity index (χ4v) is 7.46. The van der Waals surface area contributed by atoms with Gasteiger partial charge in [-0.25, -0.2) is 0 Å². The summed E-state index contributed by atoms with van der Waals surface area (Å²) in [7, 11) is 0. The Bertz CT molecular complexity index is 694. The minimum atomic E-state index is -0.247. The van der Waals surface area contributed by atoms with Crippen LogP contribution in [0.4, 0.5) is 0 Å². The van der Waals surface area contributed by atoms with E-state index in [1.807, 2.05) is 11.8 Å². The van der Waals surface area contributed by atoms with Gasteiger partial charge in [-0.1, -0.05) is 0 Å². The molecule has 0 aliphatic carbocycles. The maximum atomic E-state index is 9.63. The second-order valence-corrected chi connectivity index (χ2v) is 10.6. The van der Waals surface area contributed by atoms with Crippen molar-refractivity contribution >= 4 is 31.2 Å². The molecule has 1 N–H and O–H groups in total. The molecular weight excluding hydrogens is 407 g/mol. The van der Waals surface area contributed by atoms with Gasteiger partial charge in [-0.05, 0) is 0 Å². The van der Waals surface area contributed by atoms with Gasteiger partial charge in [0.15, 0.2) is 0 Å². The molecule has 0 saturated carbocycles. The number of hydrogen-bond acceptors (Lipinski definition) is 3. The summed E-state index contributed by atoms with van der Waals surface area (Å²) in [6.07, 6.45) is 0.913. The van der Waals surface area contributed by atoms with Gasteiger partial charge in [-0.15, -0.1) is 0 Å². The summed E-state index contributed by atoms with van der Waals surface area (Å²) in [5.74, 6) is 1.38. The van der Waals surface area contributed by atoms with Crippen LogP contribution in [0, 0.1) is 5.92 Å². The van der Waals surface area contributed by atoms with Crippen LogP contribution in [0.2, 0.25) is 5.32 Å². The number of aliphatic hydroxyl groups is 1. The molecule has 26 heavy (non-hydrogen) atoms. The standard InChI is InChI=1S/C22H28O2SSe/c1-3-25-17(2)20-11-7-8-12-21(20)26-16-22(13-18(14-23)15-24-22)19-9-5-4-6-10-19/h4-12,17-18,23H,3,13-16H2,1-2H3/t17-,18-,22+/m1/s1. The predicted octanol–water partition coefficient (Wildman–Crippen LogP) is 4.17. The Kier molecular flexibility index (Phi) is 7.25. The number of benzene rings is 2. The van der Waals surface area contributed by atoms with Crippen LogP contribution in [0.3, 0.4) is 0 Å². The van der Waals surface area contributed by atoms with E-state index in [-0.39, 0.29) is 18.1 Å². The molecule has 3 atom stereocenters. The average Bonchev–Trinajstić information content (AvgIpc) is 3.12. The third kappa shape index (κ3) is 4.55. The first kappa shape index (κ1) is 20.0. The fraction of sp³-hybridized carbons (Fsp3) is 0.455. The first-order valence-electron chi connectivity index (χ1n) is 9.32. The third-order valence-corrected chi connectivity index (χ3v) is 8.81. The van der Waals surface area contributed by atoms with Crippen molar-refractivity contribution in [1.82, 2.24) is 0 Å². The molecule has 2 aromatic rings. The molecule has 1 heterocycles. The van der Waals surface area contributed by atoms with Crippen molar-refractivity contribution in [3.8, 4) is 0 Å². The summed E-state index contributed by atoms with van der Waals surface area (Å²) < 4.78 is 7.84. The van der Waals surface area contributed by atoms with Crippen LogP contribution in [0.5, 0.6) is 0 Å². The normalized spacial score (nSPS) is 23.9. The van der Waals surface area contributed by atoms with Gasteiger partial charge in [0.2, 0.25) is 0 Å². The van der Waals surface area contributed by atoms with Crippen LogP contribution in [-0.4, -0.2) is 39.0 Å². The van der Waals surface area contributed by atoms with Gasteiger partial charge < -0.3 is 0 Å². The van der Waals surface area contributed by atoms with Crippen LogP contribution in [0.25, 0.3) is 0 Å². The van der Waals surface area contributed by atoms with Gasteiger partial charge in [0, 0.05) is 0 Å². The number of hydrogen-bond donors (Lipinski definition) is 1. The van der Waals surface area contributed by atoms with Crippen molar-refractivity contribution in [3.63, 3.8) is 0 Å². The molecule has 0 aromatic heterocycles. The molecule has 1 saturated heterocycles. The zero-order valence-electron chi connectivity index (χ0n) is 15.6. The summed E-state index contributed by atoms with van der Waals surface area (Å²) in [5.41, 5.74) is 2.48. The Morgan fingerprint density at radius 1 is 1.19 bits per heavy atom. The molecule has 1 fully saturated rings. The number of thioether (sulfide) groups is 1. The molecule has 0 radical (unpaired) electrons. The van der Waals surface area contributed by atoms with E-state index in [1.54, 1.807) is 0 Å². The molecule has 0 bridgehead atoms. The van der Waals surface area contributed by atoms with E-state index in [0.717, 1.165) is 17.5 Å². The molecule has 0 unspecified atom stereocenters. The fourth-order valence-electron chi connectivity index (χ4n) is 3.59. The predicted molar refractivity (Wildman–Crippen MR) is 112 cm³/mol. The molecule has 4 heteroatoms. The Morgan fingerprint density at radius 2 is 1.92 bits per heavy atom. The zero-order chi connectivity index (χ0) is 18.4. The molecule has 1 aliphatic rings. The minimum absolute atomic E-state index is 0.211. The Morgan fingerprint density at radius 3 is 2.62 bits per heavy atom. The topological polar surface area (TPSA) is 29.5 Å². The van der Waals surface area contributed by atoms with E-state index in [2.05, 4.69) is 68.4 Å². The first-order chi connectivity index (χ1) is 12.7. The molecule has 2 nitrogen and oxygen atoms in total. The summed E-state index contributed by atoms with van der Waals surface area (Å²) in [5, 5.41) is 11.2. The Balaban J connectivity index is 1.82. The van der Waals surface area contributed by atoms with E-state index in [1.165, 1.54) is 15.6 Å². The molecule has 3 rings (SSSR count). The second kappa shape index (κ2) is 9.43. The van der Waals surface area contributed by atoms with Crippen molar-refractivity contribution in [3.05, 3.63) is 65.7 Å². The van der Waals surface area contributed by atoms with E-state index >= 15 is 0 Å². The van der Waals surface area contributed by atoms with E-state index in [9.17, 15) is 5.11 Å². The summed E-state index contributed by atoms with van der Waals surface area (Å²) in [6.45, 7) is 5.40. The zero-order valence-corrected chi connectivity index (χ0v) is 18.1. The average molecular weight is 435 g/mol. The van der Waals surface area contributed by atoms with Crippen molar-refractivity contribution in [2.45, 2.75) is 36.4 Å². The van der Waals surface area contributed by atoms with E-state index < -0.39 is 0 Å². The van der Waals surface area contributed by atoms with Gasteiger partial charge in [0.25, 0.3) is 0 Å². The quantitative estimate of drug-likeness (QED) is 0.631. The number of rotatable bonds is 8. The van der Waals surface area contributed by atoms with Crippen LogP contribution in [0.15, 0.2) is 54.6 Å². The van der Waals surface area contributed by atoms with Gasteiger partial charge in [0.05, 0.1) is 0 Å². The summed E-state index contributed by atoms with van der Waals surface area (Å²) in [6, 6.07) is 19.5. The molecule has 2 aromatic carbocycles. The van der Waals surface area contributed by atoms with Gasteiger partial charge in [-0.2, -0.15) is 0 Å². The van der Waals surface area contributed by atoms with Crippen LogP contribution in [0.1, 0.15) is 36.6 Å². The van der Waals surface area contributed by atoms with E-state index in [4.69, 9.17) is 4.74 Å². The van der Waals surface area contributed by atoms with E-state index in [0.29, 0.717) is 26.8 Å². The molecular formula is C22H28O2SSe. The molecule has 0 spiro atoms. The second-order valence-electron chi connectivity index (χ2n) is 6.85. The van der Waals surface area contributed by atoms with Crippen molar-refractivity contribution in [2.75, 3.05) is 19.0 Å². The first-order valence-corrected chi connectivity index (χ1v) is 12.4. The number of ether oxygens (including phenoxy) is 1. The monoisotopic (exact) mass is 436 g/mol. The number of aliphatic hydroxyl groups excluding tert-OH is 1. The van der Waals surface area contributed by atoms with Gasteiger partial charge in [-0.3, -0.25) is 0 Å². The third-order valence-electron chi connectivity index (χ3n) is 5.01. The van der Waals surface area contributed by atoms with Crippen molar-refractivity contribution in [2.24, 2.45) is 5.92 Å². The van der Waals surface area contributed by atoms with Gasteiger partial charge in [0.1, 0.15) is 0 Å².